The second kappa shape index (κ2) is 9.63. The van der Waals surface area contributed by atoms with E-state index in [0.717, 1.165) is 12.8 Å². The van der Waals surface area contributed by atoms with Crippen molar-refractivity contribution in [3.05, 3.63) is 72.1 Å². The van der Waals surface area contributed by atoms with Crippen LogP contribution in [0.15, 0.2) is 59.9 Å². The van der Waals surface area contributed by atoms with Gasteiger partial charge in [-0.3, -0.25) is 24.1 Å². The van der Waals surface area contributed by atoms with Crippen molar-refractivity contribution >= 4 is 22.6 Å². The summed E-state index contributed by atoms with van der Waals surface area (Å²) in [6.45, 7) is 1.87. The van der Waals surface area contributed by atoms with Crippen molar-refractivity contribution in [2.75, 3.05) is 13.6 Å². The van der Waals surface area contributed by atoms with Crippen molar-refractivity contribution in [1.29, 1.82) is 0 Å². The number of hydrogen-bond donors (Lipinski definition) is 2. The van der Waals surface area contributed by atoms with Crippen molar-refractivity contribution in [1.82, 2.24) is 30.3 Å². The molecule has 3 aromatic rings. The number of nitrogens with one attached hydrogen (secondary N) is 2. The number of carbonyl (C=O) groups excluding carboxylic acids is 2. The van der Waals surface area contributed by atoms with Crippen molar-refractivity contribution < 1.29 is 18.2 Å². The third-order valence-corrected chi connectivity index (χ3v) is 9.87. The Morgan fingerprint density at radius 2 is 1.92 bits per heavy atom. The monoisotopic (exact) mass is 550 g/mol. The maximum atomic E-state index is 15.0. The third-order valence-electron chi connectivity index (χ3n) is 8.14. The summed E-state index contributed by atoms with van der Waals surface area (Å²) in [5.74, 6) is -1.13. The summed E-state index contributed by atoms with van der Waals surface area (Å²) in [4.78, 5) is 34.1. The van der Waals surface area contributed by atoms with Crippen LogP contribution in [0.1, 0.15) is 43.4 Å². The minimum atomic E-state index is -1.54. The SMILES string of the molecule is CNC1(NC(=O)C2CC(S(=O)c3ccccc3-n3cccn3)CN2C(=O)C2(c3ncc(C)cc3F)CC2)CC1. The number of aromatic nitrogens is 3. The molecule has 0 radical (unpaired) electrons. The van der Waals surface area contributed by atoms with Crippen molar-refractivity contribution in [3.63, 3.8) is 0 Å². The zero-order chi connectivity index (χ0) is 27.4. The highest BCUT2D eigenvalue weighted by molar-refractivity contribution is 7.85. The van der Waals surface area contributed by atoms with E-state index in [0.29, 0.717) is 29.0 Å². The molecule has 1 saturated heterocycles. The average Bonchev–Trinajstić information content (AvgIpc) is 3.78. The normalized spacial score (nSPS) is 23.3. The van der Waals surface area contributed by atoms with Crippen LogP contribution in [0.2, 0.25) is 0 Å². The summed E-state index contributed by atoms with van der Waals surface area (Å²) in [5.41, 5.74) is -0.0912. The van der Waals surface area contributed by atoms with Crippen LogP contribution in [-0.2, 0) is 25.8 Å². The molecule has 0 spiro atoms. The lowest BCUT2D eigenvalue weighted by atomic mass is 9.98. The summed E-state index contributed by atoms with van der Waals surface area (Å²) in [7, 11) is 0.255. The Kier molecular flexibility index (Phi) is 6.38. The summed E-state index contributed by atoms with van der Waals surface area (Å²) in [6, 6.07) is 9.66. The van der Waals surface area contributed by atoms with Gasteiger partial charge in [0.2, 0.25) is 11.8 Å². The highest BCUT2D eigenvalue weighted by Crippen LogP contribution is 2.51. The van der Waals surface area contributed by atoms with Gasteiger partial charge in [-0.1, -0.05) is 12.1 Å². The van der Waals surface area contributed by atoms with E-state index >= 15 is 0 Å². The van der Waals surface area contributed by atoms with Crippen LogP contribution >= 0.6 is 0 Å². The Labute approximate surface area is 228 Å². The fraction of sp³-hybridized carbons (Fsp3) is 0.429. The number of nitrogens with zero attached hydrogens (tertiary/aromatic N) is 4. The van der Waals surface area contributed by atoms with Crippen LogP contribution in [0, 0.1) is 12.7 Å². The van der Waals surface area contributed by atoms with Gasteiger partial charge in [-0.15, -0.1) is 0 Å². The number of carbonyl (C=O) groups is 2. The average molecular weight is 551 g/mol. The molecular weight excluding hydrogens is 519 g/mol. The Bertz CT molecular complexity index is 1450. The van der Waals surface area contributed by atoms with Crippen LogP contribution in [0.4, 0.5) is 4.39 Å². The molecule has 3 unspecified atom stereocenters. The number of hydrogen-bond acceptors (Lipinski definition) is 6. The van der Waals surface area contributed by atoms with E-state index in [1.54, 1.807) is 49.4 Å². The number of halogens is 1. The van der Waals surface area contributed by atoms with Crippen molar-refractivity contribution in [3.8, 4) is 5.69 Å². The van der Waals surface area contributed by atoms with E-state index < -0.39 is 39.0 Å². The van der Waals surface area contributed by atoms with Crippen LogP contribution in [0.25, 0.3) is 5.69 Å². The molecule has 2 N–H and O–H groups in total. The van der Waals surface area contributed by atoms with E-state index in [9.17, 15) is 18.2 Å². The first-order valence-corrected chi connectivity index (χ1v) is 14.4. The van der Waals surface area contributed by atoms with Crippen LogP contribution < -0.4 is 10.6 Å². The molecule has 6 rings (SSSR count). The highest BCUT2D eigenvalue weighted by Gasteiger charge is 2.59. The van der Waals surface area contributed by atoms with Gasteiger partial charge in [-0.05, 0) is 75.9 Å². The number of amides is 2. The predicted octanol–water partition coefficient (Wildman–Crippen LogP) is 2.35. The Balaban J connectivity index is 1.32. The smallest absolute Gasteiger partial charge is 0.244 e. The van der Waals surface area contributed by atoms with Crippen LogP contribution in [-0.4, -0.2) is 66.2 Å². The lowest BCUT2D eigenvalue weighted by Crippen LogP contribution is -2.55. The molecular formula is C28H31FN6O3S. The van der Waals surface area contributed by atoms with E-state index in [4.69, 9.17) is 0 Å². The molecule has 2 amide bonds. The number of benzene rings is 1. The fourth-order valence-electron chi connectivity index (χ4n) is 5.55. The second-order valence-corrected chi connectivity index (χ2v) is 12.5. The van der Waals surface area contributed by atoms with Gasteiger partial charge >= 0.3 is 0 Å². The standard InChI is InChI=1S/C28H31FN6O3S/c1-18-14-20(29)24(31-16-18)27(8-9-27)26(37)34-17-19(15-22(34)25(36)33-28(30-2)10-11-28)39(38)23-7-4-3-6-21(23)35-13-5-12-32-35/h3-7,12-14,16,19,22,30H,8-11,15,17H2,1-2H3,(H,33,36). The van der Waals surface area contributed by atoms with Crippen LogP contribution in [0.3, 0.4) is 0 Å². The van der Waals surface area contributed by atoms with E-state index in [2.05, 4.69) is 20.7 Å². The number of pyridine rings is 1. The minimum Gasteiger partial charge on any atom is -0.336 e. The zero-order valence-electron chi connectivity index (χ0n) is 21.9. The van der Waals surface area contributed by atoms with Gasteiger partial charge in [0.1, 0.15) is 11.9 Å². The molecule has 1 aromatic carbocycles. The third kappa shape index (κ3) is 4.57. The fourth-order valence-corrected chi connectivity index (χ4v) is 7.14. The van der Waals surface area contributed by atoms with Crippen molar-refractivity contribution in [2.24, 2.45) is 0 Å². The topological polar surface area (TPSA) is 109 Å². The molecule has 2 aromatic heterocycles. The van der Waals surface area contributed by atoms with E-state index in [-0.39, 0.29) is 30.5 Å². The second-order valence-electron chi connectivity index (χ2n) is 10.8. The summed E-state index contributed by atoms with van der Waals surface area (Å²) >= 11 is 0. The summed E-state index contributed by atoms with van der Waals surface area (Å²) in [6.07, 6.45) is 7.74. The molecule has 204 valence electrons. The van der Waals surface area contributed by atoms with Gasteiger partial charge in [0.25, 0.3) is 0 Å². The van der Waals surface area contributed by atoms with E-state index in [1.165, 1.54) is 11.0 Å². The largest absolute Gasteiger partial charge is 0.336 e. The number of para-hydroxylation sites is 1. The molecule has 3 heterocycles. The molecule has 3 aliphatic rings. The van der Waals surface area contributed by atoms with Gasteiger partial charge in [0.15, 0.2) is 0 Å². The van der Waals surface area contributed by atoms with Gasteiger partial charge in [0.05, 0.1) is 43.4 Å². The molecule has 3 atom stereocenters. The quantitative estimate of drug-likeness (QED) is 0.417. The zero-order valence-corrected chi connectivity index (χ0v) is 22.7. The van der Waals surface area contributed by atoms with Gasteiger partial charge in [-0.25, -0.2) is 9.07 Å². The van der Waals surface area contributed by atoms with E-state index in [1.807, 2.05) is 18.2 Å². The first kappa shape index (κ1) is 25.8. The maximum Gasteiger partial charge on any atom is 0.244 e. The minimum absolute atomic E-state index is 0.124. The lowest BCUT2D eigenvalue weighted by molar-refractivity contribution is -0.141. The molecule has 11 heteroatoms. The molecule has 9 nitrogen and oxygen atoms in total. The van der Waals surface area contributed by atoms with Gasteiger partial charge < -0.3 is 10.2 Å². The number of aryl methyl sites for hydroxylation is 1. The molecule has 2 saturated carbocycles. The Morgan fingerprint density at radius 3 is 2.56 bits per heavy atom. The maximum absolute atomic E-state index is 15.0. The number of rotatable bonds is 8. The Morgan fingerprint density at radius 1 is 1.15 bits per heavy atom. The molecule has 39 heavy (non-hydrogen) atoms. The first-order valence-electron chi connectivity index (χ1n) is 13.2. The predicted molar refractivity (Wildman–Crippen MR) is 143 cm³/mol. The molecule has 0 bridgehead atoms. The van der Waals surface area contributed by atoms with Gasteiger partial charge in [-0.2, -0.15) is 5.10 Å². The summed E-state index contributed by atoms with van der Waals surface area (Å²) < 4.78 is 30.6. The number of likely N-dealkylation sites (tertiary alicyclic amines) is 1. The first-order chi connectivity index (χ1) is 18.8. The highest BCUT2D eigenvalue weighted by atomic mass is 32.2. The molecule has 3 fully saturated rings. The lowest BCUT2D eigenvalue weighted by Gasteiger charge is -2.29. The van der Waals surface area contributed by atoms with Gasteiger partial charge in [0, 0.05) is 25.1 Å². The molecule has 1 aliphatic heterocycles. The summed E-state index contributed by atoms with van der Waals surface area (Å²) in [5, 5.41) is 10.0. The van der Waals surface area contributed by atoms with Crippen LogP contribution in [0.5, 0.6) is 0 Å². The molecule has 2 aliphatic carbocycles. The van der Waals surface area contributed by atoms with Crippen molar-refractivity contribution in [2.45, 2.75) is 66.3 Å². The Hall–Kier alpha value is -3.44.